The van der Waals surface area contributed by atoms with E-state index >= 15 is 0 Å². The van der Waals surface area contributed by atoms with Crippen LogP contribution in [0.15, 0.2) is 71.5 Å². The summed E-state index contributed by atoms with van der Waals surface area (Å²) >= 11 is 0. The molecule has 1 atom stereocenters. The van der Waals surface area contributed by atoms with E-state index in [2.05, 4.69) is 25.7 Å². The van der Waals surface area contributed by atoms with Gasteiger partial charge in [-0.2, -0.15) is 5.10 Å². The number of rotatable bonds is 15. The molecular formula is C52H65FN8O8. The number of H-pyrrole nitrogens is 1. The minimum absolute atomic E-state index is 0.00303. The number of hydrogen-bond acceptors (Lipinski definition) is 10. The lowest BCUT2D eigenvalue weighted by atomic mass is 9.89. The highest BCUT2D eigenvalue weighted by molar-refractivity contribution is 5.95. The number of ether oxygens (including phenoxy) is 2. The fourth-order valence-electron chi connectivity index (χ4n) is 9.64. The largest absolute Gasteiger partial charge is 0.444 e. The van der Waals surface area contributed by atoms with Gasteiger partial charge >= 0.3 is 6.09 Å². The van der Waals surface area contributed by atoms with Crippen molar-refractivity contribution in [1.82, 2.24) is 40.4 Å². The standard InChI is InChI=1S/C52H65FN8O8/c1-52(2,3)69-51(67)61(38-14-15-38)33-47(63)60-23-7-10-37(31-60)35-8-6-9-36(30-35)50(66)59-26-19-40(20-27-59)68-39-17-24-58(25-18-39)32-46(62)54-21-22-55-48(64)43-28-34(13-16-44(43)53)29-45-41-11-4-5-12-42(41)49(65)57-56-45/h4-6,8-9,11-13,16,28,30,37-40H,7,10,14-15,17-27,29,31-33H2,1-3H3,(H,54,62)(H,55,64)(H,57,65)/t37-/m0/s1. The van der Waals surface area contributed by atoms with Crippen LogP contribution in [0.4, 0.5) is 9.18 Å². The van der Waals surface area contributed by atoms with E-state index in [4.69, 9.17) is 9.47 Å². The molecule has 0 unspecified atom stereocenters. The first kappa shape index (κ1) is 49.2. The number of hydrogen-bond donors (Lipinski definition) is 3. The second-order valence-electron chi connectivity index (χ2n) is 19.9. The van der Waals surface area contributed by atoms with Crippen LogP contribution in [0.1, 0.15) is 116 Å². The molecule has 1 aromatic heterocycles. The summed E-state index contributed by atoms with van der Waals surface area (Å²) in [4.78, 5) is 85.5. The van der Waals surface area contributed by atoms with Gasteiger partial charge in [-0.05, 0) is 114 Å². The number of nitrogens with zero attached hydrogens (tertiary/aromatic N) is 5. The molecule has 5 amide bonds. The highest BCUT2D eigenvalue weighted by Gasteiger charge is 2.38. The third kappa shape index (κ3) is 13.1. The molecule has 17 heteroatoms. The van der Waals surface area contributed by atoms with Crippen LogP contribution in [-0.4, -0.2) is 149 Å². The summed E-state index contributed by atoms with van der Waals surface area (Å²) in [6, 6.07) is 19.3. The zero-order valence-electron chi connectivity index (χ0n) is 40.0. The molecule has 4 heterocycles. The molecule has 3 N–H and O–H groups in total. The zero-order chi connectivity index (χ0) is 48.7. The van der Waals surface area contributed by atoms with E-state index < -0.39 is 23.4 Å². The molecule has 1 saturated carbocycles. The lowest BCUT2D eigenvalue weighted by Crippen LogP contribution is -2.48. The number of halogens is 1. The van der Waals surface area contributed by atoms with E-state index in [0.717, 1.165) is 56.9 Å². The van der Waals surface area contributed by atoms with Crippen molar-refractivity contribution >= 4 is 40.5 Å². The molecule has 3 aromatic carbocycles. The van der Waals surface area contributed by atoms with Crippen LogP contribution in [0.2, 0.25) is 0 Å². The van der Waals surface area contributed by atoms with Crippen LogP contribution in [0.25, 0.3) is 10.8 Å². The third-order valence-electron chi connectivity index (χ3n) is 13.5. The summed E-state index contributed by atoms with van der Waals surface area (Å²) < 4.78 is 26.9. The number of carbonyl (C=O) groups is 5. The molecule has 16 nitrogen and oxygen atoms in total. The molecule has 1 aliphatic carbocycles. The minimum Gasteiger partial charge on any atom is -0.444 e. The summed E-state index contributed by atoms with van der Waals surface area (Å²) in [6.45, 7) is 9.83. The molecule has 3 saturated heterocycles. The van der Waals surface area contributed by atoms with Gasteiger partial charge in [0.1, 0.15) is 18.0 Å². The number of aromatic nitrogens is 2. The molecule has 0 spiro atoms. The molecule has 368 valence electrons. The first-order valence-electron chi connectivity index (χ1n) is 24.5. The fraction of sp³-hybridized carbons (Fsp3) is 0.519. The summed E-state index contributed by atoms with van der Waals surface area (Å²) in [6.07, 6.45) is 6.57. The first-order valence-corrected chi connectivity index (χ1v) is 24.5. The number of carbonyl (C=O) groups excluding carboxylic acids is 5. The molecule has 3 aliphatic heterocycles. The molecule has 4 fully saturated rings. The van der Waals surface area contributed by atoms with Crippen LogP contribution >= 0.6 is 0 Å². The molecule has 4 aromatic rings. The van der Waals surface area contributed by atoms with Gasteiger partial charge in [0.25, 0.3) is 17.4 Å². The number of nitrogens with one attached hydrogen (secondary N) is 3. The Hall–Kier alpha value is -6.20. The summed E-state index contributed by atoms with van der Waals surface area (Å²) in [7, 11) is 0. The van der Waals surface area contributed by atoms with Crippen LogP contribution in [0, 0.1) is 5.82 Å². The van der Waals surface area contributed by atoms with Crippen molar-refractivity contribution in [3.05, 3.63) is 111 Å². The quantitative estimate of drug-likeness (QED) is 0.131. The first-order chi connectivity index (χ1) is 33.2. The van der Waals surface area contributed by atoms with E-state index in [1.165, 1.54) is 12.1 Å². The minimum atomic E-state index is -0.666. The van der Waals surface area contributed by atoms with Gasteiger partial charge in [0.15, 0.2) is 0 Å². The Kier molecular flexibility index (Phi) is 15.7. The number of amides is 5. The Morgan fingerprint density at radius 1 is 0.812 bits per heavy atom. The van der Waals surface area contributed by atoms with Crippen LogP contribution < -0.4 is 16.2 Å². The monoisotopic (exact) mass is 948 g/mol. The van der Waals surface area contributed by atoms with Gasteiger partial charge in [-0.1, -0.05) is 36.4 Å². The predicted molar refractivity (Wildman–Crippen MR) is 257 cm³/mol. The van der Waals surface area contributed by atoms with Crippen LogP contribution in [0.3, 0.4) is 0 Å². The average molecular weight is 949 g/mol. The van der Waals surface area contributed by atoms with E-state index in [9.17, 15) is 33.2 Å². The highest BCUT2D eigenvalue weighted by Crippen LogP contribution is 2.31. The molecular weight excluding hydrogens is 884 g/mol. The lowest BCUT2D eigenvalue weighted by molar-refractivity contribution is -0.133. The maximum Gasteiger partial charge on any atom is 0.411 e. The molecule has 4 aliphatic rings. The van der Waals surface area contributed by atoms with Crippen molar-refractivity contribution in [1.29, 1.82) is 0 Å². The Bertz CT molecular complexity index is 2560. The average Bonchev–Trinajstić information content (AvgIpc) is 4.19. The Morgan fingerprint density at radius 2 is 1.52 bits per heavy atom. The van der Waals surface area contributed by atoms with Gasteiger partial charge in [0.05, 0.1) is 35.4 Å². The maximum absolute atomic E-state index is 14.7. The van der Waals surface area contributed by atoms with E-state index in [0.29, 0.717) is 66.9 Å². The number of benzene rings is 3. The second kappa shape index (κ2) is 22.0. The number of likely N-dealkylation sites (tertiary alicyclic amines) is 3. The van der Waals surface area contributed by atoms with Crippen LogP contribution in [-0.2, 0) is 25.5 Å². The number of fused-ring (bicyclic) bond motifs is 1. The smallest absolute Gasteiger partial charge is 0.411 e. The highest BCUT2D eigenvalue weighted by atomic mass is 19.1. The van der Waals surface area contributed by atoms with E-state index in [1.54, 1.807) is 29.2 Å². The van der Waals surface area contributed by atoms with Gasteiger partial charge in [-0.25, -0.2) is 14.3 Å². The van der Waals surface area contributed by atoms with Crippen molar-refractivity contribution in [2.75, 3.05) is 65.4 Å². The molecule has 0 bridgehead atoms. The van der Waals surface area contributed by atoms with Crippen molar-refractivity contribution in [3.63, 3.8) is 0 Å². The Balaban J connectivity index is 0.716. The normalized spacial score (nSPS) is 18.5. The van der Waals surface area contributed by atoms with Gasteiger partial charge in [0, 0.05) is 81.7 Å². The Labute approximate surface area is 402 Å². The Morgan fingerprint density at radius 3 is 2.25 bits per heavy atom. The van der Waals surface area contributed by atoms with Crippen LogP contribution in [0.5, 0.6) is 0 Å². The third-order valence-corrected chi connectivity index (χ3v) is 13.5. The SMILES string of the molecule is CC(C)(C)OC(=O)N(CC(=O)N1CCC[C@H](c2cccc(C(=O)N3CCC(OC4CCN(CC(=O)NCCNC(=O)c5cc(Cc6n[nH]c(=O)c7ccccc67)ccc5F)CC4)CC3)c2)C1)C1CC1. The van der Waals surface area contributed by atoms with Crippen molar-refractivity contribution in [2.24, 2.45) is 0 Å². The van der Waals surface area contributed by atoms with E-state index in [-0.39, 0.29) is 85.6 Å². The van der Waals surface area contributed by atoms with Crippen molar-refractivity contribution in [2.45, 2.75) is 108 Å². The fourth-order valence-corrected chi connectivity index (χ4v) is 9.64. The van der Waals surface area contributed by atoms with Gasteiger partial charge in [-0.3, -0.25) is 33.8 Å². The number of piperidine rings is 3. The van der Waals surface area contributed by atoms with Crippen molar-refractivity contribution < 1.29 is 37.8 Å². The number of aromatic amines is 1. The lowest BCUT2D eigenvalue weighted by Gasteiger charge is -2.37. The predicted octanol–water partition coefficient (Wildman–Crippen LogP) is 5.39. The molecule has 69 heavy (non-hydrogen) atoms. The van der Waals surface area contributed by atoms with Gasteiger partial charge in [-0.15, -0.1) is 0 Å². The zero-order valence-corrected chi connectivity index (χ0v) is 40.0. The second-order valence-corrected chi connectivity index (χ2v) is 19.9. The molecule has 0 radical (unpaired) electrons. The summed E-state index contributed by atoms with van der Waals surface area (Å²) in [5.41, 5.74) is 1.89. The maximum atomic E-state index is 14.7. The molecule has 8 rings (SSSR count). The topological polar surface area (TPSA) is 187 Å². The van der Waals surface area contributed by atoms with Gasteiger partial charge in [0.2, 0.25) is 11.8 Å². The van der Waals surface area contributed by atoms with Gasteiger partial charge < -0.3 is 29.9 Å². The van der Waals surface area contributed by atoms with Crippen molar-refractivity contribution in [3.8, 4) is 0 Å². The summed E-state index contributed by atoms with van der Waals surface area (Å²) in [5.74, 6) is -1.41. The summed E-state index contributed by atoms with van der Waals surface area (Å²) in [5, 5.41) is 13.4. The van der Waals surface area contributed by atoms with E-state index in [1.807, 2.05) is 60.9 Å².